The van der Waals surface area contributed by atoms with Crippen molar-refractivity contribution in [1.82, 2.24) is 4.90 Å². The molecule has 0 bridgehead atoms. The van der Waals surface area contributed by atoms with Crippen LogP contribution in [0.4, 0.5) is 18.0 Å². The van der Waals surface area contributed by atoms with Crippen molar-refractivity contribution in [3.63, 3.8) is 0 Å². The fourth-order valence-corrected chi connectivity index (χ4v) is 2.63. The number of benzene rings is 1. The minimum absolute atomic E-state index is 0.236. The molecule has 0 aromatic heterocycles. The number of carbonyl (C=O) groups excluding carboxylic acids is 1. The lowest BCUT2D eigenvalue weighted by molar-refractivity contribution is -0.274. The van der Waals surface area contributed by atoms with Crippen LogP contribution in [0.5, 0.6) is 5.75 Å². The van der Waals surface area contributed by atoms with E-state index in [1.807, 2.05) is 32.9 Å². The molecule has 0 unspecified atom stereocenters. The van der Waals surface area contributed by atoms with Crippen molar-refractivity contribution >= 4 is 12.2 Å². The van der Waals surface area contributed by atoms with Crippen LogP contribution in [-0.2, 0) is 4.74 Å². The summed E-state index contributed by atoms with van der Waals surface area (Å²) in [6.07, 6.45) is 0.590. The first-order valence-corrected chi connectivity index (χ1v) is 8.54. The summed E-state index contributed by atoms with van der Waals surface area (Å²) in [6.45, 7) is 6.77. The summed E-state index contributed by atoms with van der Waals surface area (Å²) in [7, 11) is 0. The molecular weight excluding hydrogens is 347 g/mol. The molecule has 0 spiro atoms. The number of piperidine rings is 1. The van der Waals surface area contributed by atoms with Crippen molar-refractivity contribution < 1.29 is 27.4 Å². The highest BCUT2D eigenvalue weighted by molar-refractivity contribution is 5.68. The second kappa shape index (κ2) is 8.01. The van der Waals surface area contributed by atoms with Gasteiger partial charge in [0.05, 0.1) is 0 Å². The van der Waals surface area contributed by atoms with Crippen LogP contribution in [0.25, 0.3) is 6.08 Å². The number of allylic oxidation sites excluding steroid dienone is 1. The van der Waals surface area contributed by atoms with E-state index in [1.165, 1.54) is 12.1 Å². The van der Waals surface area contributed by atoms with Crippen LogP contribution in [-0.4, -0.2) is 36.0 Å². The molecule has 4 nitrogen and oxygen atoms in total. The molecule has 2 rings (SSSR count). The van der Waals surface area contributed by atoms with Gasteiger partial charge in [0.2, 0.25) is 0 Å². The third-order valence-electron chi connectivity index (χ3n) is 3.87. The molecule has 7 heteroatoms. The summed E-state index contributed by atoms with van der Waals surface area (Å²) < 4.78 is 45.6. The second-order valence-electron chi connectivity index (χ2n) is 7.28. The van der Waals surface area contributed by atoms with Crippen LogP contribution in [0, 0.1) is 5.92 Å². The standard InChI is InChI=1S/C19H24F3NO3/c1-18(2,3)26-17(24)23-12-10-15(11-13-23)5-4-14-6-8-16(9-7-14)25-19(20,21)22/h4-9,15H,10-13H2,1-3H3. The summed E-state index contributed by atoms with van der Waals surface area (Å²) in [6, 6.07) is 5.73. The highest BCUT2D eigenvalue weighted by Gasteiger charge is 2.31. The van der Waals surface area contributed by atoms with Gasteiger partial charge in [-0.15, -0.1) is 13.2 Å². The SMILES string of the molecule is CC(C)(C)OC(=O)N1CCC(C=Cc2ccc(OC(F)(F)F)cc2)CC1. The summed E-state index contributed by atoms with van der Waals surface area (Å²) in [4.78, 5) is 13.7. The number of alkyl halides is 3. The molecule has 1 fully saturated rings. The van der Waals surface area contributed by atoms with E-state index >= 15 is 0 Å². The fourth-order valence-electron chi connectivity index (χ4n) is 2.63. The number of carbonyl (C=O) groups is 1. The number of amides is 1. The van der Waals surface area contributed by atoms with Gasteiger partial charge in [-0.05, 0) is 57.2 Å². The molecule has 0 saturated carbocycles. The highest BCUT2D eigenvalue weighted by Crippen LogP contribution is 2.24. The number of hydrogen-bond donors (Lipinski definition) is 0. The van der Waals surface area contributed by atoms with Gasteiger partial charge < -0.3 is 14.4 Å². The molecule has 1 aromatic rings. The Kier molecular flexibility index (Phi) is 6.21. The van der Waals surface area contributed by atoms with Gasteiger partial charge in [0.15, 0.2) is 0 Å². The zero-order chi connectivity index (χ0) is 19.4. The number of rotatable bonds is 3. The molecule has 1 aliphatic heterocycles. The van der Waals surface area contributed by atoms with Crippen LogP contribution < -0.4 is 4.74 Å². The predicted octanol–water partition coefficient (Wildman–Crippen LogP) is 5.25. The zero-order valence-corrected chi connectivity index (χ0v) is 15.2. The maximum atomic E-state index is 12.1. The summed E-state index contributed by atoms with van der Waals surface area (Å²) in [5.41, 5.74) is 0.296. The maximum absolute atomic E-state index is 12.1. The van der Waals surface area contributed by atoms with Crippen molar-refractivity contribution in [2.24, 2.45) is 5.92 Å². The molecule has 1 saturated heterocycles. The summed E-state index contributed by atoms with van der Waals surface area (Å²) in [5.74, 6) is 0.0834. The van der Waals surface area contributed by atoms with E-state index in [4.69, 9.17) is 4.74 Å². The topological polar surface area (TPSA) is 38.8 Å². The third-order valence-corrected chi connectivity index (χ3v) is 3.87. The lowest BCUT2D eigenvalue weighted by Crippen LogP contribution is -2.41. The number of ether oxygens (including phenoxy) is 2. The fraction of sp³-hybridized carbons (Fsp3) is 0.526. The highest BCUT2D eigenvalue weighted by atomic mass is 19.4. The molecule has 144 valence electrons. The predicted molar refractivity (Wildman–Crippen MR) is 92.7 cm³/mol. The number of halogens is 3. The van der Waals surface area contributed by atoms with Crippen molar-refractivity contribution in [1.29, 1.82) is 0 Å². The molecule has 0 atom stereocenters. The van der Waals surface area contributed by atoms with E-state index in [-0.39, 0.29) is 11.8 Å². The van der Waals surface area contributed by atoms with Crippen molar-refractivity contribution in [2.75, 3.05) is 13.1 Å². The van der Waals surface area contributed by atoms with E-state index < -0.39 is 12.0 Å². The van der Waals surface area contributed by atoms with Gasteiger partial charge in [0, 0.05) is 13.1 Å². The Balaban J connectivity index is 1.82. The Morgan fingerprint density at radius 1 is 1.12 bits per heavy atom. The van der Waals surface area contributed by atoms with E-state index in [0.717, 1.165) is 18.4 Å². The Labute approximate surface area is 151 Å². The largest absolute Gasteiger partial charge is 0.573 e. The first-order valence-electron chi connectivity index (χ1n) is 8.54. The molecule has 0 radical (unpaired) electrons. The van der Waals surface area contributed by atoms with Gasteiger partial charge in [-0.3, -0.25) is 0 Å². The first-order chi connectivity index (χ1) is 12.0. The van der Waals surface area contributed by atoms with E-state index in [2.05, 4.69) is 4.74 Å². The van der Waals surface area contributed by atoms with Gasteiger partial charge in [0.1, 0.15) is 11.4 Å². The smallest absolute Gasteiger partial charge is 0.444 e. The molecule has 1 amide bonds. The Morgan fingerprint density at radius 2 is 1.69 bits per heavy atom. The maximum Gasteiger partial charge on any atom is 0.573 e. The quantitative estimate of drug-likeness (QED) is 0.729. The molecule has 0 N–H and O–H groups in total. The van der Waals surface area contributed by atoms with Gasteiger partial charge in [0.25, 0.3) is 0 Å². The lowest BCUT2D eigenvalue weighted by Gasteiger charge is -2.32. The minimum Gasteiger partial charge on any atom is -0.444 e. The Bertz CT molecular complexity index is 625. The van der Waals surface area contributed by atoms with E-state index in [9.17, 15) is 18.0 Å². The zero-order valence-electron chi connectivity index (χ0n) is 15.2. The summed E-state index contributed by atoms with van der Waals surface area (Å²) >= 11 is 0. The van der Waals surface area contributed by atoms with E-state index in [1.54, 1.807) is 17.0 Å². The average Bonchev–Trinajstić information content (AvgIpc) is 2.51. The van der Waals surface area contributed by atoms with Crippen molar-refractivity contribution in [2.45, 2.75) is 45.6 Å². The Hall–Kier alpha value is -2.18. The van der Waals surface area contributed by atoms with Crippen molar-refractivity contribution in [3.05, 3.63) is 35.9 Å². The third kappa shape index (κ3) is 6.98. The average molecular weight is 371 g/mol. The molecule has 1 aliphatic rings. The van der Waals surface area contributed by atoms with Gasteiger partial charge in [-0.1, -0.05) is 24.3 Å². The number of hydrogen-bond acceptors (Lipinski definition) is 3. The molecule has 1 aromatic carbocycles. The molecule has 1 heterocycles. The summed E-state index contributed by atoms with van der Waals surface area (Å²) in [5, 5.41) is 0. The van der Waals surface area contributed by atoms with Crippen LogP contribution >= 0.6 is 0 Å². The minimum atomic E-state index is -4.68. The number of nitrogens with zero attached hydrogens (tertiary/aromatic N) is 1. The lowest BCUT2D eigenvalue weighted by atomic mass is 9.96. The van der Waals surface area contributed by atoms with Gasteiger partial charge >= 0.3 is 12.5 Å². The van der Waals surface area contributed by atoms with Crippen LogP contribution in [0.15, 0.2) is 30.3 Å². The van der Waals surface area contributed by atoms with Gasteiger partial charge in [-0.25, -0.2) is 4.79 Å². The van der Waals surface area contributed by atoms with Crippen LogP contribution in [0.3, 0.4) is 0 Å². The van der Waals surface area contributed by atoms with Crippen LogP contribution in [0.1, 0.15) is 39.2 Å². The second-order valence-corrected chi connectivity index (χ2v) is 7.28. The van der Waals surface area contributed by atoms with Crippen molar-refractivity contribution in [3.8, 4) is 5.75 Å². The number of likely N-dealkylation sites (tertiary alicyclic amines) is 1. The van der Waals surface area contributed by atoms with E-state index in [0.29, 0.717) is 19.0 Å². The Morgan fingerprint density at radius 3 is 2.19 bits per heavy atom. The monoisotopic (exact) mass is 371 g/mol. The molecule has 0 aliphatic carbocycles. The molecule has 26 heavy (non-hydrogen) atoms. The van der Waals surface area contributed by atoms with Crippen LogP contribution in [0.2, 0.25) is 0 Å². The van der Waals surface area contributed by atoms with Gasteiger partial charge in [-0.2, -0.15) is 0 Å². The molecular formula is C19H24F3NO3. The normalized spacial score (nSPS) is 16.8. The first kappa shape index (κ1) is 20.1.